The second-order valence-electron chi connectivity index (χ2n) is 8.71. The highest BCUT2D eigenvalue weighted by Crippen LogP contribution is 2.60. The van der Waals surface area contributed by atoms with Gasteiger partial charge < -0.3 is 15.1 Å². The smallest absolute Gasteiger partial charge is 0.317 e. The predicted octanol–water partition coefficient (Wildman–Crippen LogP) is 3.71. The van der Waals surface area contributed by atoms with Crippen LogP contribution in [0.25, 0.3) is 0 Å². The average Bonchev–Trinajstić information content (AvgIpc) is 3.18. The molecule has 1 unspecified atom stereocenters. The van der Waals surface area contributed by atoms with E-state index in [0.717, 1.165) is 51.6 Å². The second kappa shape index (κ2) is 7.17. The summed E-state index contributed by atoms with van der Waals surface area (Å²) in [5, 5.41) is 2.97. The van der Waals surface area contributed by atoms with Gasteiger partial charge in [0.05, 0.1) is 11.5 Å². The molecule has 1 spiro atoms. The minimum Gasteiger partial charge on any atom is -0.336 e. The van der Waals surface area contributed by atoms with Gasteiger partial charge in [-0.1, -0.05) is 43.2 Å². The van der Waals surface area contributed by atoms with Gasteiger partial charge >= 0.3 is 6.03 Å². The van der Waals surface area contributed by atoms with Gasteiger partial charge in [-0.3, -0.25) is 4.79 Å². The molecule has 1 saturated carbocycles. The van der Waals surface area contributed by atoms with Crippen molar-refractivity contribution in [2.45, 2.75) is 70.5 Å². The number of rotatable bonds is 3. The topological polar surface area (TPSA) is 52.7 Å². The number of nitrogens with one attached hydrogen (secondary N) is 1. The normalized spacial score (nSPS) is 25.1. The Morgan fingerprint density at radius 3 is 2.33 bits per heavy atom. The zero-order valence-electron chi connectivity index (χ0n) is 16.5. The van der Waals surface area contributed by atoms with Crippen molar-refractivity contribution in [2.24, 2.45) is 5.41 Å². The first-order valence-corrected chi connectivity index (χ1v) is 10.5. The van der Waals surface area contributed by atoms with Crippen LogP contribution < -0.4 is 5.32 Å². The quantitative estimate of drug-likeness (QED) is 0.826. The van der Waals surface area contributed by atoms with Gasteiger partial charge in [-0.25, -0.2) is 4.79 Å². The lowest BCUT2D eigenvalue weighted by molar-refractivity contribution is -0.180. The molecule has 146 valence electrons. The van der Waals surface area contributed by atoms with Crippen molar-refractivity contribution >= 4 is 11.9 Å². The lowest BCUT2D eigenvalue weighted by atomic mass is 9.65. The monoisotopic (exact) mass is 369 g/mol. The minimum absolute atomic E-state index is 0.0188. The molecule has 1 N–H and O–H groups in total. The molecule has 2 heterocycles. The van der Waals surface area contributed by atoms with E-state index in [0.29, 0.717) is 5.91 Å². The van der Waals surface area contributed by atoms with Gasteiger partial charge in [-0.05, 0) is 45.1 Å². The van der Waals surface area contributed by atoms with E-state index in [1.54, 1.807) is 0 Å². The summed E-state index contributed by atoms with van der Waals surface area (Å²) in [6.45, 7) is 5.41. The van der Waals surface area contributed by atoms with Crippen LogP contribution in [0.3, 0.4) is 0 Å². The lowest BCUT2D eigenvalue weighted by Crippen LogP contribution is -2.66. The maximum absolute atomic E-state index is 13.3. The molecular formula is C22H31N3O2. The largest absolute Gasteiger partial charge is 0.336 e. The third-order valence-corrected chi connectivity index (χ3v) is 6.63. The van der Waals surface area contributed by atoms with Gasteiger partial charge in [-0.2, -0.15) is 0 Å². The number of carbonyl (C=O) groups is 2. The molecule has 5 nitrogen and oxygen atoms in total. The van der Waals surface area contributed by atoms with Crippen LogP contribution in [0.15, 0.2) is 30.3 Å². The highest BCUT2D eigenvalue weighted by molar-refractivity contribution is 5.91. The van der Waals surface area contributed by atoms with Crippen LogP contribution >= 0.6 is 0 Å². The Morgan fingerprint density at radius 2 is 1.74 bits per heavy atom. The molecule has 2 saturated heterocycles. The van der Waals surface area contributed by atoms with Crippen molar-refractivity contribution in [3.05, 3.63) is 35.9 Å². The number of β-lactam (4-membered cyclic amide) rings is 1. The van der Waals surface area contributed by atoms with Crippen LogP contribution in [0.5, 0.6) is 0 Å². The number of benzene rings is 1. The zero-order chi connectivity index (χ0) is 19.0. The van der Waals surface area contributed by atoms with Crippen LogP contribution in [0.4, 0.5) is 4.79 Å². The molecule has 0 bridgehead atoms. The summed E-state index contributed by atoms with van der Waals surface area (Å²) in [6, 6.07) is 11.2. The first-order valence-electron chi connectivity index (χ1n) is 10.5. The SMILES string of the molecule is CC(C)NC(=O)N1CCC(N2C(=O)C3(CCCC3)C2c2ccccc2)CC1. The molecule has 0 aromatic heterocycles. The first kappa shape index (κ1) is 18.3. The third kappa shape index (κ3) is 3.11. The number of carbonyl (C=O) groups excluding carboxylic acids is 2. The van der Waals surface area contributed by atoms with Crippen molar-refractivity contribution in [2.75, 3.05) is 13.1 Å². The summed E-state index contributed by atoms with van der Waals surface area (Å²) in [5.41, 5.74) is 1.12. The molecule has 3 aliphatic rings. The third-order valence-electron chi connectivity index (χ3n) is 6.63. The fourth-order valence-corrected chi connectivity index (χ4v) is 5.36. The molecule has 3 fully saturated rings. The lowest BCUT2D eigenvalue weighted by Gasteiger charge is -2.59. The maximum Gasteiger partial charge on any atom is 0.317 e. The van der Waals surface area contributed by atoms with Crippen LogP contribution in [0.2, 0.25) is 0 Å². The second-order valence-corrected chi connectivity index (χ2v) is 8.71. The van der Waals surface area contributed by atoms with Crippen molar-refractivity contribution in [3.63, 3.8) is 0 Å². The molecule has 1 aromatic rings. The number of likely N-dealkylation sites (tertiary alicyclic amines) is 2. The molecule has 3 amide bonds. The number of urea groups is 1. The van der Waals surface area contributed by atoms with Crippen LogP contribution in [-0.4, -0.2) is 46.9 Å². The number of hydrogen-bond donors (Lipinski definition) is 1. The Kier molecular flexibility index (Phi) is 4.87. The van der Waals surface area contributed by atoms with Gasteiger partial charge in [0, 0.05) is 25.2 Å². The summed E-state index contributed by atoms with van der Waals surface area (Å²) in [4.78, 5) is 29.6. The molecule has 1 atom stereocenters. The Hall–Kier alpha value is -2.04. The number of amides is 3. The summed E-state index contributed by atoms with van der Waals surface area (Å²) < 4.78 is 0. The average molecular weight is 370 g/mol. The summed E-state index contributed by atoms with van der Waals surface area (Å²) in [7, 11) is 0. The molecular weight excluding hydrogens is 338 g/mol. The van der Waals surface area contributed by atoms with Gasteiger partial charge in [-0.15, -0.1) is 0 Å². The van der Waals surface area contributed by atoms with E-state index in [4.69, 9.17) is 0 Å². The van der Waals surface area contributed by atoms with Crippen LogP contribution in [0, 0.1) is 5.41 Å². The molecule has 1 aromatic carbocycles. The van der Waals surface area contributed by atoms with Gasteiger partial charge in [0.25, 0.3) is 0 Å². The Labute approximate surface area is 162 Å². The van der Waals surface area contributed by atoms with E-state index < -0.39 is 0 Å². The van der Waals surface area contributed by atoms with Gasteiger partial charge in [0.1, 0.15) is 0 Å². The highest BCUT2D eigenvalue weighted by Gasteiger charge is 2.63. The van der Waals surface area contributed by atoms with Crippen molar-refractivity contribution in [1.29, 1.82) is 0 Å². The van der Waals surface area contributed by atoms with Gasteiger partial charge in [0.15, 0.2) is 0 Å². The van der Waals surface area contributed by atoms with E-state index in [1.807, 2.05) is 24.8 Å². The van der Waals surface area contributed by atoms with E-state index in [1.165, 1.54) is 5.56 Å². The van der Waals surface area contributed by atoms with Crippen molar-refractivity contribution < 1.29 is 9.59 Å². The molecule has 2 aliphatic heterocycles. The number of piperidine rings is 1. The first-order chi connectivity index (χ1) is 13.0. The summed E-state index contributed by atoms with van der Waals surface area (Å²) in [6.07, 6.45) is 6.12. The van der Waals surface area contributed by atoms with Crippen LogP contribution in [0.1, 0.15) is 64.0 Å². The molecule has 5 heteroatoms. The standard InChI is InChI=1S/C22H31N3O2/c1-16(2)23-21(27)24-14-10-18(11-15-24)25-19(17-8-4-3-5-9-17)22(20(25)26)12-6-7-13-22/h3-5,8-9,16,18-19H,6-7,10-15H2,1-2H3,(H,23,27). The van der Waals surface area contributed by atoms with E-state index in [9.17, 15) is 9.59 Å². The molecule has 0 radical (unpaired) electrons. The fourth-order valence-electron chi connectivity index (χ4n) is 5.36. The fraction of sp³-hybridized carbons (Fsp3) is 0.636. The molecule has 27 heavy (non-hydrogen) atoms. The Bertz CT molecular complexity index is 689. The van der Waals surface area contributed by atoms with Gasteiger partial charge in [0.2, 0.25) is 5.91 Å². The van der Waals surface area contributed by atoms with E-state index >= 15 is 0 Å². The summed E-state index contributed by atoms with van der Waals surface area (Å²) in [5.74, 6) is 0.360. The van der Waals surface area contributed by atoms with Crippen LogP contribution in [-0.2, 0) is 4.79 Å². The molecule has 1 aliphatic carbocycles. The predicted molar refractivity (Wildman–Crippen MR) is 105 cm³/mol. The highest BCUT2D eigenvalue weighted by atomic mass is 16.2. The summed E-state index contributed by atoms with van der Waals surface area (Å²) >= 11 is 0. The van der Waals surface area contributed by atoms with Crippen molar-refractivity contribution in [1.82, 2.24) is 15.1 Å². The Morgan fingerprint density at radius 1 is 1.11 bits per heavy atom. The number of hydrogen-bond acceptors (Lipinski definition) is 2. The van der Waals surface area contributed by atoms with E-state index in [-0.39, 0.29) is 29.6 Å². The van der Waals surface area contributed by atoms with Crippen molar-refractivity contribution in [3.8, 4) is 0 Å². The molecule has 4 rings (SSSR count). The number of nitrogens with zero attached hydrogens (tertiary/aromatic N) is 2. The maximum atomic E-state index is 13.3. The Balaban J connectivity index is 1.48. The minimum atomic E-state index is -0.159. The zero-order valence-corrected chi connectivity index (χ0v) is 16.5. The van der Waals surface area contributed by atoms with E-state index in [2.05, 4.69) is 34.5 Å².